The molecular weight excluding hydrogens is 204 g/mol. The van der Waals surface area contributed by atoms with Crippen LogP contribution in [0.2, 0.25) is 0 Å². The lowest BCUT2D eigenvalue weighted by molar-refractivity contribution is 0.168. The molecule has 7 heteroatoms. The average Bonchev–Trinajstić information content (AvgIpc) is 2.52. The van der Waals surface area contributed by atoms with Crippen LogP contribution in [-0.4, -0.2) is 48.5 Å². The zero-order valence-electron chi connectivity index (χ0n) is 8.51. The maximum Gasteiger partial charge on any atom is 0.417 e. The van der Waals surface area contributed by atoms with Crippen LogP contribution in [0.25, 0.3) is 0 Å². The maximum absolute atomic E-state index is 11.1. The second-order valence-electron chi connectivity index (χ2n) is 3.02. The highest BCUT2D eigenvalue weighted by molar-refractivity contribution is 7.09. The molecule has 0 saturated carbocycles. The van der Waals surface area contributed by atoms with Crippen LogP contribution in [0.5, 0.6) is 6.01 Å². The zero-order chi connectivity index (χ0) is 10.7. The van der Waals surface area contributed by atoms with Crippen molar-refractivity contribution in [1.82, 2.24) is 14.3 Å². The van der Waals surface area contributed by atoms with Gasteiger partial charge in [-0.15, -0.1) is 4.37 Å². The van der Waals surface area contributed by atoms with E-state index < -0.39 is 6.09 Å². The SMILES string of the molecule is CN(C)C(=O)Oc1nsc(N(C)C)n1. The van der Waals surface area contributed by atoms with Crippen LogP contribution >= 0.6 is 11.5 Å². The molecule has 1 amide bonds. The number of aromatic nitrogens is 2. The number of ether oxygens (including phenoxy) is 1. The molecule has 1 aromatic heterocycles. The van der Waals surface area contributed by atoms with Crippen molar-refractivity contribution in [3.8, 4) is 6.01 Å². The second kappa shape index (κ2) is 4.23. The van der Waals surface area contributed by atoms with Gasteiger partial charge in [-0.2, -0.15) is 4.98 Å². The van der Waals surface area contributed by atoms with Gasteiger partial charge in [0.2, 0.25) is 5.13 Å². The zero-order valence-corrected chi connectivity index (χ0v) is 9.33. The molecule has 14 heavy (non-hydrogen) atoms. The van der Waals surface area contributed by atoms with E-state index in [1.807, 2.05) is 14.1 Å². The van der Waals surface area contributed by atoms with Crippen LogP contribution in [-0.2, 0) is 0 Å². The summed E-state index contributed by atoms with van der Waals surface area (Å²) in [6, 6.07) is 0.0948. The standard InChI is InChI=1S/C7H12N4O2S/c1-10(2)6-8-5(9-14-6)13-7(12)11(3)4/h1-4H3. The van der Waals surface area contributed by atoms with Gasteiger partial charge < -0.3 is 14.5 Å². The molecule has 0 fully saturated rings. The minimum Gasteiger partial charge on any atom is -0.373 e. The van der Waals surface area contributed by atoms with Crippen molar-refractivity contribution < 1.29 is 9.53 Å². The van der Waals surface area contributed by atoms with Crippen LogP contribution in [0.4, 0.5) is 9.93 Å². The lowest BCUT2D eigenvalue weighted by Crippen LogP contribution is -2.25. The Morgan fingerprint density at radius 3 is 2.43 bits per heavy atom. The Morgan fingerprint density at radius 1 is 1.36 bits per heavy atom. The number of carbonyl (C=O) groups is 1. The third-order valence-electron chi connectivity index (χ3n) is 1.32. The quantitative estimate of drug-likeness (QED) is 0.727. The van der Waals surface area contributed by atoms with Crippen molar-refractivity contribution in [3.63, 3.8) is 0 Å². The van der Waals surface area contributed by atoms with E-state index in [4.69, 9.17) is 4.74 Å². The highest BCUT2D eigenvalue weighted by Gasteiger charge is 2.12. The first-order valence-electron chi connectivity index (χ1n) is 3.91. The first-order chi connectivity index (χ1) is 6.50. The molecule has 0 bridgehead atoms. The third-order valence-corrected chi connectivity index (χ3v) is 2.19. The van der Waals surface area contributed by atoms with Gasteiger partial charge >= 0.3 is 12.1 Å². The van der Waals surface area contributed by atoms with Crippen molar-refractivity contribution in [2.75, 3.05) is 33.1 Å². The van der Waals surface area contributed by atoms with Gasteiger partial charge in [-0.05, 0) is 0 Å². The van der Waals surface area contributed by atoms with Gasteiger partial charge in [0.25, 0.3) is 0 Å². The fourth-order valence-corrected chi connectivity index (χ4v) is 1.12. The molecule has 6 nitrogen and oxygen atoms in total. The summed E-state index contributed by atoms with van der Waals surface area (Å²) in [5.41, 5.74) is 0. The Hall–Kier alpha value is -1.37. The highest BCUT2D eigenvalue weighted by atomic mass is 32.1. The molecule has 0 aliphatic carbocycles. The first-order valence-corrected chi connectivity index (χ1v) is 4.68. The van der Waals surface area contributed by atoms with E-state index in [9.17, 15) is 4.79 Å². The summed E-state index contributed by atoms with van der Waals surface area (Å²) in [6.45, 7) is 0. The van der Waals surface area contributed by atoms with E-state index >= 15 is 0 Å². The molecule has 0 unspecified atom stereocenters. The summed E-state index contributed by atoms with van der Waals surface area (Å²) in [5.74, 6) is 0. The summed E-state index contributed by atoms with van der Waals surface area (Å²) in [4.78, 5) is 18.2. The molecule has 78 valence electrons. The van der Waals surface area contributed by atoms with Crippen molar-refractivity contribution >= 4 is 22.8 Å². The van der Waals surface area contributed by atoms with Crippen LogP contribution in [0.1, 0.15) is 0 Å². The van der Waals surface area contributed by atoms with E-state index in [1.54, 1.807) is 19.0 Å². The molecule has 1 rings (SSSR count). The Labute approximate surface area is 86.3 Å². The third kappa shape index (κ3) is 2.56. The Balaban J connectivity index is 2.64. The van der Waals surface area contributed by atoms with E-state index in [0.29, 0.717) is 5.13 Å². The highest BCUT2D eigenvalue weighted by Crippen LogP contribution is 2.18. The second-order valence-corrected chi connectivity index (χ2v) is 3.75. The molecule has 0 N–H and O–H groups in total. The van der Waals surface area contributed by atoms with Crippen molar-refractivity contribution in [2.24, 2.45) is 0 Å². The number of hydrogen-bond donors (Lipinski definition) is 0. The summed E-state index contributed by atoms with van der Waals surface area (Å²) < 4.78 is 8.73. The fraction of sp³-hybridized carbons (Fsp3) is 0.571. The minimum absolute atomic E-state index is 0.0948. The Bertz CT molecular complexity index is 323. The van der Waals surface area contributed by atoms with E-state index in [-0.39, 0.29) is 6.01 Å². The Morgan fingerprint density at radius 2 is 2.00 bits per heavy atom. The first kappa shape index (κ1) is 10.7. The summed E-state index contributed by atoms with van der Waals surface area (Å²) in [5, 5.41) is 0.701. The largest absolute Gasteiger partial charge is 0.417 e. The molecule has 0 spiro atoms. The van der Waals surface area contributed by atoms with E-state index in [1.165, 1.54) is 16.4 Å². The van der Waals surface area contributed by atoms with Crippen LogP contribution in [0.15, 0.2) is 0 Å². The number of amides is 1. The normalized spacial score (nSPS) is 9.71. The number of nitrogens with zero attached hydrogens (tertiary/aromatic N) is 4. The number of rotatable bonds is 2. The number of carbonyl (C=O) groups excluding carboxylic acids is 1. The molecule has 0 aliphatic heterocycles. The van der Waals surface area contributed by atoms with Crippen molar-refractivity contribution in [3.05, 3.63) is 0 Å². The maximum atomic E-state index is 11.1. The summed E-state index contributed by atoms with van der Waals surface area (Å²) >= 11 is 1.18. The molecule has 1 heterocycles. The van der Waals surface area contributed by atoms with Gasteiger partial charge in [0.15, 0.2) is 0 Å². The number of anilines is 1. The lowest BCUT2D eigenvalue weighted by atomic mass is 10.9. The Kier molecular flexibility index (Phi) is 3.23. The predicted molar refractivity (Wildman–Crippen MR) is 53.9 cm³/mol. The molecular formula is C7H12N4O2S. The fourth-order valence-electron chi connectivity index (χ4n) is 0.595. The van der Waals surface area contributed by atoms with Gasteiger partial charge in [0.05, 0.1) is 0 Å². The summed E-state index contributed by atoms with van der Waals surface area (Å²) in [7, 11) is 6.89. The van der Waals surface area contributed by atoms with E-state index in [0.717, 1.165) is 0 Å². The minimum atomic E-state index is -0.479. The predicted octanol–water partition coefficient (Wildman–Crippen LogP) is 0.665. The molecule has 0 saturated heterocycles. The van der Waals surface area contributed by atoms with Gasteiger partial charge in [-0.25, -0.2) is 4.79 Å². The average molecular weight is 216 g/mol. The van der Waals surface area contributed by atoms with E-state index in [2.05, 4.69) is 9.36 Å². The smallest absolute Gasteiger partial charge is 0.373 e. The molecule has 0 aromatic carbocycles. The topological polar surface area (TPSA) is 58.6 Å². The molecule has 0 radical (unpaired) electrons. The lowest BCUT2D eigenvalue weighted by Gasteiger charge is -2.07. The van der Waals surface area contributed by atoms with Gasteiger partial charge in [-0.3, -0.25) is 0 Å². The van der Waals surface area contributed by atoms with Crippen LogP contribution in [0, 0.1) is 0 Å². The van der Waals surface area contributed by atoms with Gasteiger partial charge in [-0.1, -0.05) is 0 Å². The van der Waals surface area contributed by atoms with Crippen molar-refractivity contribution in [1.29, 1.82) is 0 Å². The monoisotopic (exact) mass is 216 g/mol. The molecule has 0 atom stereocenters. The van der Waals surface area contributed by atoms with Gasteiger partial charge in [0, 0.05) is 39.7 Å². The van der Waals surface area contributed by atoms with Crippen LogP contribution < -0.4 is 9.64 Å². The van der Waals surface area contributed by atoms with Gasteiger partial charge in [0.1, 0.15) is 0 Å². The van der Waals surface area contributed by atoms with Crippen molar-refractivity contribution in [2.45, 2.75) is 0 Å². The number of hydrogen-bond acceptors (Lipinski definition) is 6. The van der Waals surface area contributed by atoms with Crippen LogP contribution in [0.3, 0.4) is 0 Å². The summed E-state index contributed by atoms with van der Waals surface area (Å²) in [6.07, 6.45) is -0.479. The molecule has 1 aromatic rings. The molecule has 0 aliphatic rings.